The summed E-state index contributed by atoms with van der Waals surface area (Å²) in [5.74, 6) is 0. The maximum absolute atomic E-state index is 3.41. The Morgan fingerprint density at radius 2 is 2.57 bits per heavy atom. The van der Waals surface area contributed by atoms with Gasteiger partial charge in [-0.15, -0.1) is 0 Å². The summed E-state index contributed by atoms with van der Waals surface area (Å²) in [7, 11) is 0. The Morgan fingerprint density at radius 1 is 1.71 bits per heavy atom. The van der Waals surface area contributed by atoms with Gasteiger partial charge < -0.3 is 5.32 Å². The average molecular weight is 162 g/mol. The van der Waals surface area contributed by atoms with Crippen molar-refractivity contribution in [2.24, 2.45) is 0 Å². The van der Waals surface area contributed by atoms with Gasteiger partial charge >= 0.3 is 0 Å². The second kappa shape index (κ2) is 2.48. The van der Waals surface area contributed by atoms with E-state index >= 15 is 0 Å². The van der Waals surface area contributed by atoms with Gasteiger partial charge in [-0.25, -0.2) is 0 Å². The quantitative estimate of drug-likeness (QED) is 0.565. The number of hydrogen-bond donors (Lipinski definition) is 1. The third kappa shape index (κ3) is 1.61. The third-order valence-electron chi connectivity index (χ3n) is 1.01. The Kier molecular flexibility index (Phi) is 1.88. The van der Waals surface area contributed by atoms with Crippen LogP contribution in [0.2, 0.25) is 0 Å². The van der Waals surface area contributed by atoms with Crippen molar-refractivity contribution < 1.29 is 0 Å². The van der Waals surface area contributed by atoms with Crippen LogP contribution >= 0.6 is 15.9 Å². The predicted molar refractivity (Wildman–Crippen MR) is 34.5 cm³/mol. The van der Waals surface area contributed by atoms with Crippen LogP contribution in [-0.4, -0.2) is 13.1 Å². The first kappa shape index (κ1) is 5.32. The third-order valence-corrected chi connectivity index (χ3v) is 1.73. The van der Waals surface area contributed by atoms with Gasteiger partial charge in [0.2, 0.25) is 0 Å². The topological polar surface area (TPSA) is 12.0 Å². The van der Waals surface area contributed by atoms with E-state index in [1.54, 1.807) is 0 Å². The molecule has 7 heavy (non-hydrogen) atoms. The summed E-state index contributed by atoms with van der Waals surface area (Å²) < 4.78 is 1.34. The number of rotatable bonds is 0. The number of halogens is 1. The lowest BCUT2D eigenvalue weighted by molar-refractivity contribution is 0.724. The summed E-state index contributed by atoms with van der Waals surface area (Å²) in [5, 5.41) is 3.21. The Labute approximate surface area is 51.9 Å². The van der Waals surface area contributed by atoms with E-state index in [-0.39, 0.29) is 0 Å². The Hall–Kier alpha value is 0.180. The van der Waals surface area contributed by atoms with E-state index < -0.39 is 0 Å². The van der Waals surface area contributed by atoms with Gasteiger partial charge in [0.1, 0.15) is 0 Å². The first-order chi connectivity index (χ1) is 3.39. The van der Waals surface area contributed by atoms with Gasteiger partial charge in [0.25, 0.3) is 0 Å². The van der Waals surface area contributed by atoms with Crippen LogP contribution in [0.15, 0.2) is 10.6 Å². The molecule has 0 aromatic carbocycles. The Morgan fingerprint density at radius 3 is 2.86 bits per heavy atom. The molecule has 0 atom stereocenters. The molecule has 0 unspecified atom stereocenters. The van der Waals surface area contributed by atoms with Gasteiger partial charge in [-0.2, -0.15) is 0 Å². The fourth-order valence-corrected chi connectivity index (χ4v) is 0.955. The van der Waals surface area contributed by atoms with Crippen molar-refractivity contribution in [1.29, 1.82) is 0 Å². The van der Waals surface area contributed by atoms with Gasteiger partial charge in [-0.05, 0) is 17.4 Å². The molecule has 0 spiro atoms. The van der Waals surface area contributed by atoms with Crippen molar-refractivity contribution in [2.75, 3.05) is 13.1 Å². The first-order valence-electron chi connectivity index (χ1n) is 2.45. The summed E-state index contributed by atoms with van der Waals surface area (Å²) in [6.07, 6.45) is 3.31. The molecular weight excluding hydrogens is 154 g/mol. The maximum Gasteiger partial charge on any atom is 0.0145 e. The van der Waals surface area contributed by atoms with Gasteiger partial charge in [0, 0.05) is 6.54 Å². The highest BCUT2D eigenvalue weighted by molar-refractivity contribution is 9.11. The van der Waals surface area contributed by atoms with Crippen molar-refractivity contribution in [3.05, 3.63) is 10.6 Å². The van der Waals surface area contributed by atoms with Crippen molar-refractivity contribution in [3.8, 4) is 0 Å². The summed E-state index contributed by atoms with van der Waals surface area (Å²) in [5.41, 5.74) is 0. The van der Waals surface area contributed by atoms with Crippen molar-refractivity contribution in [3.63, 3.8) is 0 Å². The van der Waals surface area contributed by atoms with E-state index in [1.807, 2.05) is 0 Å². The molecule has 0 aliphatic carbocycles. The highest BCUT2D eigenvalue weighted by Crippen LogP contribution is 2.10. The number of nitrogens with one attached hydrogen (secondary N) is 1. The smallest absolute Gasteiger partial charge is 0.0145 e. The standard InChI is InChI=1S/C5H8BrN/c6-5-1-3-7-4-2-5/h1,7H,2-4H2. The molecule has 0 amide bonds. The predicted octanol–water partition coefficient (Wildman–Crippen LogP) is 1.26. The fourth-order valence-electron chi connectivity index (χ4n) is 0.595. The van der Waals surface area contributed by atoms with Crippen molar-refractivity contribution in [1.82, 2.24) is 5.32 Å². The molecule has 0 aromatic heterocycles. The molecule has 1 N–H and O–H groups in total. The molecule has 0 bridgehead atoms. The average Bonchev–Trinajstić information content (AvgIpc) is 1.69. The van der Waals surface area contributed by atoms with E-state index in [9.17, 15) is 0 Å². The molecule has 0 saturated heterocycles. The van der Waals surface area contributed by atoms with Crippen molar-refractivity contribution in [2.45, 2.75) is 6.42 Å². The molecule has 2 heteroatoms. The lowest BCUT2D eigenvalue weighted by atomic mass is 10.3. The largest absolute Gasteiger partial charge is 0.313 e. The van der Waals surface area contributed by atoms with Crippen molar-refractivity contribution >= 4 is 15.9 Å². The van der Waals surface area contributed by atoms with Gasteiger partial charge in [-0.3, -0.25) is 0 Å². The zero-order valence-electron chi connectivity index (χ0n) is 4.08. The van der Waals surface area contributed by atoms with Crippen LogP contribution in [0.1, 0.15) is 6.42 Å². The summed E-state index contributed by atoms with van der Waals surface area (Å²) in [6, 6.07) is 0. The molecule has 0 radical (unpaired) electrons. The highest BCUT2D eigenvalue weighted by atomic mass is 79.9. The normalized spacial score (nSPS) is 21.6. The van der Waals surface area contributed by atoms with Crippen LogP contribution in [0.3, 0.4) is 0 Å². The zero-order valence-corrected chi connectivity index (χ0v) is 5.66. The second-order valence-corrected chi connectivity index (χ2v) is 2.62. The van der Waals surface area contributed by atoms with E-state index in [0.717, 1.165) is 19.5 Å². The van der Waals surface area contributed by atoms with Crippen LogP contribution in [0.4, 0.5) is 0 Å². The maximum atomic E-state index is 3.41. The van der Waals surface area contributed by atoms with Crippen LogP contribution in [0, 0.1) is 0 Å². The van der Waals surface area contributed by atoms with E-state index in [2.05, 4.69) is 27.3 Å². The highest BCUT2D eigenvalue weighted by Gasteiger charge is 1.95. The lowest BCUT2D eigenvalue weighted by Crippen LogP contribution is -2.18. The molecule has 0 fully saturated rings. The molecule has 1 nitrogen and oxygen atoms in total. The summed E-state index contributed by atoms with van der Waals surface area (Å²) in [6.45, 7) is 2.15. The summed E-state index contributed by atoms with van der Waals surface area (Å²) >= 11 is 3.41. The zero-order chi connectivity index (χ0) is 5.11. The summed E-state index contributed by atoms with van der Waals surface area (Å²) in [4.78, 5) is 0. The minimum absolute atomic E-state index is 1.03. The van der Waals surface area contributed by atoms with Crippen LogP contribution < -0.4 is 5.32 Å². The van der Waals surface area contributed by atoms with E-state index in [1.165, 1.54) is 4.48 Å². The molecule has 1 rings (SSSR count). The van der Waals surface area contributed by atoms with Crippen LogP contribution in [0.25, 0.3) is 0 Å². The molecule has 1 aliphatic heterocycles. The minimum Gasteiger partial charge on any atom is -0.313 e. The SMILES string of the molecule is BrC1=CCNCC1. The van der Waals surface area contributed by atoms with Crippen LogP contribution in [0.5, 0.6) is 0 Å². The first-order valence-corrected chi connectivity index (χ1v) is 3.24. The number of hydrogen-bond acceptors (Lipinski definition) is 1. The van der Waals surface area contributed by atoms with E-state index in [0.29, 0.717) is 0 Å². The second-order valence-electron chi connectivity index (χ2n) is 1.61. The molecule has 0 saturated carbocycles. The Bertz CT molecular complexity index is 88.1. The molecule has 1 aliphatic rings. The molecular formula is C5H8BrN. The Balaban J connectivity index is 2.40. The van der Waals surface area contributed by atoms with E-state index in [4.69, 9.17) is 0 Å². The van der Waals surface area contributed by atoms with Gasteiger partial charge in [0.05, 0.1) is 0 Å². The van der Waals surface area contributed by atoms with Gasteiger partial charge in [-0.1, -0.05) is 22.0 Å². The molecule has 0 aromatic rings. The monoisotopic (exact) mass is 161 g/mol. The van der Waals surface area contributed by atoms with Gasteiger partial charge in [0.15, 0.2) is 0 Å². The minimum atomic E-state index is 1.03. The lowest BCUT2D eigenvalue weighted by Gasteiger charge is -2.06. The fraction of sp³-hybridized carbons (Fsp3) is 0.600. The molecule has 40 valence electrons. The molecule has 1 heterocycles. The van der Waals surface area contributed by atoms with Crippen LogP contribution in [-0.2, 0) is 0 Å².